The Morgan fingerprint density at radius 2 is 1.63 bits per heavy atom. The number of thioether (sulfide) groups is 1. The van der Waals surface area contributed by atoms with Crippen molar-refractivity contribution in [2.24, 2.45) is 17.8 Å². The molecule has 0 unspecified atom stereocenters. The zero-order valence-electron chi connectivity index (χ0n) is 19.5. The third-order valence-corrected chi connectivity index (χ3v) is 9.30. The number of ether oxygens (including phenoxy) is 1. The van der Waals surface area contributed by atoms with Gasteiger partial charge in [0, 0.05) is 17.1 Å². The molecule has 4 rings (SSSR count). The first-order chi connectivity index (χ1) is 14.1. The van der Waals surface area contributed by atoms with E-state index >= 15 is 0 Å². The van der Waals surface area contributed by atoms with E-state index < -0.39 is 0 Å². The molecule has 1 aliphatic heterocycles. The van der Waals surface area contributed by atoms with Gasteiger partial charge in [0.05, 0.1) is 0 Å². The summed E-state index contributed by atoms with van der Waals surface area (Å²) in [4.78, 5) is 13.1. The Balaban J connectivity index is 1.52. The third-order valence-electron chi connectivity index (χ3n) is 7.76. The lowest BCUT2D eigenvalue weighted by atomic mass is 9.64. The van der Waals surface area contributed by atoms with Gasteiger partial charge in [-0.2, -0.15) is 0 Å². The third kappa shape index (κ3) is 4.24. The first kappa shape index (κ1) is 22.0. The van der Waals surface area contributed by atoms with Gasteiger partial charge < -0.3 is 4.74 Å². The summed E-state index contributed by atoms with van der Waals surface area (Å²) in [6, 6.07) is 9.16. The number of benzene rings is 1. The highest BCUT2D eigenvalue weighted by atomic mass is 32.2. The molecule has 1 heterocycles. The van der Waals surface area contributed by atoms with E-state index in [-0.39, 0.29) is 28.2 Å². The summed E-state index contributed by atoms with van der Waals surface area (Å²) in [6.07, 6.45) is 8.94. The highest BCUT2D eigenvalue weighted by molar-refractivity contribution is 8.01. The number of rotatable bonds is 4. The Morgan fingerprint density at radius 1 is 0.967 bits per heavy atom. The number of carbonyl (C=O) groups is 1. The van der Waals surface area contributed by atoms with Crippen LogP contribution in [0.5, 0.6) is 0 Å². The van der Waals surface area contributed by atoms with Crippen LogP contribution >= 0.6 is 11.8 Å². The lowest BCUT2D eigenvalue weighted by molar-refractivity contribution is -0.156. The largest absolute Gasteiger partial charge is 0.461 e. The molecule has 2 bridgehead atoms. The molecule has 2 fully saturated rings. The van der Waals surface area contributed by atoms with E-state index in [4.69, 9.17) is 4.74 Å². The second-order valence-electron chi connectivity index (χ2n) is 11.4. The first-order valence-corrected chi connectivity index (χ1v) is 12.7. The minimum Gasteiger partial charge on any atom is -0.461 e. The normalized spacial score (nSPS) is 33.7. The minimum absolute atomic E-state index is 0.00654. The molecule has 2 aliphatic carbocycles. The van der Waals surface area contributed by atoms with Gasteiger partial charge in [0.15, 0.2) is 0 Å². The van der Waals surface area contributed by atoms with E-state index in [9.17, 15) is 4.79 Å². The lowest BCUT2D eigenvalue weighted by Gasteiger charge is -2.44. The Bertz CT molecular complexity index is 801. The van der Waals surface area contributed by atoms with Crippen molar-refractivity contribution in [3.8, 4) is 0 Å². The van der Waals surface area contributed by atoms with E-state index in [0.717, 1.165) is 19.3 Å². The molecular weight excluding hydrogens is 388 g/mol. The molecule has 2 nitrogen and oxygen atoms in total. The molecule has 1 aromatic rings. The van der Waals surface area contributed by atoms with Gasteiger partial charge in [-0.15, -0.1) is 11.8 Å². The lowest BCUT2D eigenvalue weighted by Crippen LogP contribution is -2.44. The number of allylic oxidation sites excluding steroid dienone is 1. The Labute approximate surface area is 187 Å². The summed E-state index contributed by atoms with van der Waals surface area (Å²) in [6.45, 7) is 13.8. The Hall–Kier alpha value is -1.22. The van der Waals surface area contributed by atoms with Crippen molar-refractivity contribution in [3.05, 3.63) is 47.5 Å². The van der Waals surface area contributed by atoms with Gasteiger partial charge in [-0.1, -0.05) is 84.4 Å². The summed E-state index contributed by atoms with van der Waals surface area (Å²) in [7, 11) is 0. The predicted octanol–water partition coefficient (Wildman–Crippen LogP) is 6.67. The molecule has 6 atom stereocenters. The van der Waals surface area contributed by atoms with Gasteiger partial charge in [-0.05, 0) is 47.1 Å². The predicted molar refractivity (Wildman–Crippen MR) is 127 cm³/mol. The summed E-state index contributed by atoms with van der Waals surface area (Å²) >= 11 is 1.81. The van der Waals surface area contributed by atoms with Gasteiger partial charge in [0.25, 0.3) is 0 Å². The summed E-state index contributed by atoms with van der Waals surface area (Å²) in [5, 5.41) is 0.526. The topological polar surface area (TPSA) is 26.3 Å². The molecule has 0 radical (unpaired) electrons. The first-order valence-electron chi connectivity index (χ1n) is 11.7. The molecule has 0 spiro atoms. The quantitative estimate of drug-likeness (QED) is 0.397. The molecule has 0 amide bonds. The van der Waals surface area contributed by atoms with E-state index in [2.05, 4.69) is 78.0 Å². The molecule has 1 saturated carbocycles. The highest BCUT2D eigenvalue weighted by Gasteiger charge is 2.46. The minimum atomic E-state index is -0.0246. The van der Waals surface area contributed by atoms with Crippen molar-refractivity contribution in [1.82, 2.24) is 0 Å². The number of fused-ring (bicyclic) bond motifs is 2. The van der Waals surface area contributed by atoms with E-state index in [1.807, 2.05) is 0 Å². The highest BCUT2D eigenvalue weighted by Crippen LogP contribution is 2.47. The van der Waals surface area contributed by atoms with Crippen molar-refractivity contribution in [1.29, 1.82) is 0 Å². The van der Waals surface area contributed by atoms with E-state index in [1.54, 1.807) is 11.8 Å². The van der Waals surface area contributed by atoms with Crippen LogP contribution in [0.15, 0.2) is 36.4 Å². The fourth-order valence-corrected chi connectivity index (χ4v) is 7.11. The van der Waals surface area contributed by atoms with Crippen molar-refractivity contribution in [2.45, 2.75) is 94.7 Å². The van der Waals surface area contributed by atoms with Gasteiger partial charge >= 0.3 is 5.97 Å². The fraction of sp³-hybridized carbons (Fsp3) is 0.667. The molecular formula is C27H38O2S. The maximum absolute atomic E-state index is 13.1. The molecule has 30 heavy (non-hydrogen) atoms. The average Bonchev–Trinajstić information content (AvgIpc) is 3.31. The van der Waals surface area contributed by atoms with Crippen molar-refractivity contribution >= 4 is 17.7 Å². The Kier molecular flexibility index (Phi) is 5.89. The second kappa shape index (κ2) is 8.04. The zero-order chi connectivity index (χ0) is 21.7. The molecule has 3 aliphatic rings. The summed E-state index contributed by atoms with van der Waals surface area (Å²) in [5.41, 5.74) is 2.86. The summed E-state index contributed by atoms with van der Waals surface area (Å²) in [5.74, 6) is 1.38. The van der Waals surface area contributed by atoms with Gasteiger partial charge in [0.2, 0.25) is 0 Å². The van der Waals surface area contributed by atoms with Crippen LogP contribution in [-0.4, -0.2) is 22.6 Å². The van der Waals surface area contributed by atoms with Crippen LogP contribution in [0.25, 0.3) is 0 Å². The van der Waals surface area contributed by atoms with Gasteiger partial charge in [0.1, 0.15) is 11.4 Å². The maximum Gasteiger partial charge on any atom is 0.319 e. The molecule has 0 aromatic heterocycles. The van der Waals surface area contributed by atoms with Crippen LogP contribution in [0.3, 0.4) is 0 Å². The van der Waals surface area contributed by atoms with Crippen molar-refractivity contribution in [2.75, 3.05) is 0 Å². The van der Waals surface area contributed by atoms with E-state index in [0.29, 0.717) is 23.0 Å². The second-order valence-corrected chi connectivity index (χ2v) is 12.8. The smallest absolute Gasteiger partial charge is 0.319 e. The molecule has 3 heteroatoms. The summed E-state index contributed by atoms with van der Waals surface area (Å²) < 4.78 is 6.30. The molecule has 164 valence electrons. The molecule has 0 N–H and O–H groups in total. The van der Waals surface area contributed by atoms with Crippen LogP contribution in [0.4, 0.5) is 0 Å². The average molecular weight is 427 g/mol. The van der Waals surface area contributed by atoms with Gasteiger partial charge in [-0.25, -0.2) is 0 Å². The Morgan fingerprint density at radius 3 is 2.20 bits per heavy atom. The number of esters is 1. The van der Waals surface area contributed by atoms with Crippen molar-refractivity contribution in [3.63, 3.8) is 0 Å². The zero-order valence-corrected chi connectivity index (χ0v) is 20.3. The van der Waals surface area contributed by atoms with Crippen LogP contribution in [0, 0.1) is 17.8 Å². The van der Waals surface area contributed by atoms with Crippen molar-refractivity contribution < 1.29 is 9.53 Å². The standard InChI is InChI=1S/C27H38O2S/c1-17-7-14-22(27(5,6)20-11-9-19(10-12-20)26(2,3)4)23(15-17)29-25(28)24-18-8-13-21(16-18)30-24/h8-13,17-18,21-24H,7,14-16H2,1-6H3/t17-,18-,21+,22-,23-,24-/m1/s1. The van der Waals surface area contributed by atoms with Crippen LogP contribution in [-0.2, 0) is 20.4 Å². The maximum atomic E-state index is 13.1. The fourth-order valence-electron chi connectivity index (χ4n) is 5.65. The van der Waals surface area contributed by atoms with Crippen LogP contribution in [0.2, 0.25) is 0 Å². The number of hydrogen-bond acceptors (Lipinski definition) is 3. The van der Waals surface area contributed by atoms with Crippen LogP contribution < -0.4 is 0 Å². The molecule has 1 aromatic carbocycles. The molecule has 1 saturated heterocycles. The van der Waals surface area contributed by atoms with Gasteiger partial charge in [-0.3, -0.25) is 4.79 Å². The monoisotopic (exact) mass is 426 g/mol. The van der Waals surface area contributed by atoms with E-state index in [1.165, 1.54) is 17.5 Å². The number of carbonyl (C=O) groups excluding carboxylic acids is 1. The SMILES string of the molecule is C[C@@H]1CC[C@@H](C(C)(C)c2ccc(C(C)(C)C)cc2)[C@H](OC(=O)[C@@H]2S[C@H]3C=C[C@@H]2C3)C1. The number of hydrogen-bond donors (Lipinski definition) is 0. The van der Waals surface area contributed by atoms with Crippen LogP contribution in [0.1, 0.15) is 78.4 Å².